The highest BCUT2D eigenvalue weighted by molar-refractivity contribution is 5.75. The van der Waals surface area contributed by atoms with E-state index < -0.39 is 12.0 Å². The number of methoxy groups -OCH3 is 1. The third-order valence-corrected chi connectivity index (χ3v) is 2.24. The number of rotatable bonds is 7. The molecule has 0 aromatic heterocycles. The number of nitrogens with two attached hydrogens (primary N) is 2. The number of hydrogen-bond donors (Lipinski definition) is 2. The van der Waals surface area contributed by atoms with E-state index in [9.17, 15) is 4.79 Å². The molecule has 0 saturated heterocycles. The van der Waals surface area contributed by atoms with Crippen molar-refractivity contribution in [2.24, 2.45) is 11.5 Å². The number of esters is 1. The predicted molar refractivity (Wildman–Crippen MR) is 64.7 cm³/mol. The minimum Gasteiger partial charge on any atom is -0.492 e. The lowest BCUT2D eigenvalue weighted by Gasteiger charge is -2.10. The number of carbonyl (C=O) groups excluding carboxylic acids is 1. The molecule has 1 aromatic rings. The number of hydrogen-bond acceptors (Lipinski definition) is 5. The Morgan fingerprint density at radius 3 is 2.71 bits per heavy atom. The monoisotopic (exact) mass is 239 g/mol. The molecule has 0 saturated carbocycles. The summed E-state index contributed by atoms with van der Waals surface area (Å²) in [7, 11) is 1.30. The lowest BCUT2D eigenvalue weighted by atomic mass is 10.1. The molecule has 0 bridgehead atoms. The Kier molecular flexibility index (Phi) is 4.81. The van der Waals surface area contributed by atoms with Gasteiger partial charge in [0.05, 0.1) is 7.11 Å². The molecule has 1 atom stereocenters. The van der Waals surface area contributed by atoms with Gasteiger partial charge in [-0.2, -0.15) is 0 Å². The summed E-state index contributed by atoms with van der Waals surface area (Å²) in [6.45, 7) is 0.938. The topological polar surface area (TPSA) is 87.6 Å². The summed E-state index contributed by atoms with van der Waals surface area (Å²) in [5.74, 6) is 0.283. The highest BCUT2D eigenvalue weighted by Gasteiger charge is 2.13. The lowest BCUT2D eigenvalue weighted by Crippen LogP contribution is -2.33. The van der Waals surface area contributed by atoms with Gasteiger partial charge in [0, 0.05) is 6.54 Å². The first-order chi connectivity index (χ1) is 8.71. The van der Waals surface area contributed by atoms with Crippen molar-refractivity contribution in [3.8, 4) is 5.75 Å². The molecule has 0 heterocycles. The molecule has 0 amide bonds. The number of ether oxygens (including phenoxy) is 2. The van der Waals surface area contributed by atoms with Crippen molar-refractivity contribution in [2.45, 2.75) is 12.5 Å². The van der Waals surface area contributed by atoms with E-state index >= 15 is 0 Å². The first-order valence-corrected chi connectivity index (χ1v) is 5.38. The molecule has 5 heteroatoms. The minimum atomic E-state index is -0.661. The molecule has 1 rings (SSSR count). The average Bonchev–Trinajstić information content (AvgIpc) is 2.43. The first kappa shape index (κ1) is 11.9. The van der Waals surface area contributed by atoms with Crippen molar-refractivity contribution < 1.29 is 15.7 Å². The Hall–Kier alpha value is -1.59. The average molecular weight is 239 g/mol. The molecule has 94 valence electrons. The molecule has 0 aliphatic heterocycles. The van der Waals surface area contributed by atoms with Gasteiger partial charge in [0.1, 0.15) is 19.8 Å². The standard InChI is InChI=1S/C12H18N2O3/c1-16-12(15)11(14)8-9-2-4-10(5-3-9)17-7-6-13/h2-5,11H,6-8,13-14H2,1H3/t11-/m0/s1/i/hD. The number of carbonyl (C=O) groups is 1. The van der Waals surface area contributed by atoms with Crippen molar-refractivity contribution in [3.63, 3.8) is 0 Å². The van der Waals surface area contributed by atoms with Crippen molar-refractivity contribution in [1.29, 1.82) is 0 Å². The molecule has 0 unspecified atom stereocenters. The van der Waals surface area contributed by atoms with E-state index in [-0.39, 0.29) is 0 Å². The minimum absolute atomic E-state index is 0.396. The second-order valence-electron chi connectivity index (χ2n) is 3.56. The Morgan fingerprint density at radius 2 is 2.18 bits per heavy atom. The zero-order valence-corrected chi connectivity index (χ0v) is 9.81. The fourth-order valence-electron chi connectivity index (χ4n) is 1.36. The second-order valence-corrected chi connectivity index (χ2v) is 3.56. The van der Waals surface area contributed by atoms with E-state index in [0.29, 0.717) is 19.6 Å². The highest BCUT2D eigenvalue weighted by Crippen LogP contribution is 2.13. The van der Waals surface area contributed by atoms with Crippen LogP contribution >= 0.6 is 0 Å². The van der Waals surface area contributed by atoms with Gasteiger partial charge in [-0.15, -0.1) is 0 Å². The van der Waals surface area contributed by atoms with E-state index in [1.54, 1.807) is 0 Å². The smallest absolute Gasteiger partial charge is 0.322 e. The zero-order chi connectivity index (χ0) is 13.4. The number of benzene rings is 1. The third kappa shape index (κ3) is 4.42. The Bertz CT molecular complexity index is 370. The van der Waals surface area contributed by atoms with Crippen LogP contribution < -0.4 is 16.2 Å². The molecular weight excluding hydrogens is 220 g/mol. The van der Waals surface area contributed by atoms with Crippen LogP contribution in [-0.4, -0.2) is 32.3 Å². The van der Waals surface area contributed by atoms with Crippen LogP contribution in [0.15, 0.2) is 24.3 Å². The summed E-state index contributed by atoms with van der Waals surface area (Å²) in [6.07, 6.45) is 0.396. The van der Waals surface area contributed by atoms with Crippen molar-refractivity contribution >= 4 is 5.97 Å². The maximum Gasteiger partial charge on any atom is 0.322 e. The molecule has 5 nitrogen and oxygen atoms in total. The Balaban J connectivity index is 2.59. The van der Waals surface area contributed by atoms with Crippen LogP contribution in [0.5, 0.6) is 5.75 Å². The lowest BCUT2D eigenvalue weighted by molar-refractivity contribution is -0.142. The van der Waals surface area contributed by atoms with E-state index in [2.05, 4.69) is 10.5 Å². The second kappa shape index (κ2) is 6.88. The predicted octanol–water partition coefficient (Wildman–Crippen LogP) is 0.0669. The molecule has 0 aliphatic carbocycles. The quantitative estimate of drug-likeness (QED) is 0.657. The summed E-state index contributed by atoms with van der Waals surface area (Å²) in [5.41, 5.74) is 8.43. The molecule has 1 aromatic carbocycles. The van der Waals surface area contributed by atoms with Crippen LogP contribution in [-0.2, 0) is 16.0 Å². The van der Waals surface area contributed by atoms with Crippen LogP contribution in [0.4, 0.5) is 0 Å². The van der Waals surface area contributed by atoms with E-state index in [0.717, 1.165) is 11.3 Å². The molecule has 0 radical (unpaired) electrons. The van der Waals surface area contributed by atoms with E-state index in [1.807, 2.05) is 24.3 Å². The first-order valence-electron chi connectivity index (χ1n) is 5.88. The van der Waals surface area contributed by atoms with Crippen molar-refractivity contribution in [1.82, 2.24) is 0 Å². The van der Waals surface area contributed by atoms with Gasteiger partial charge in [0.25, 0.3) is 0 Å². The SMILES string of the molecule is [2H]N[C@@H](Cc1ccc(OCCN)cc1)C(=O)OC. The summed E-state index contributed by atoms with van der Waals surface area (Å²) >= 11 is 0. The molecule has 0 fully saturated rings. The fraction of sp³-hybridized carbons (Fsp3) is 0.417. The fourth-order valence-corrected chi connectivity index (χ4v) is 1.36. The molecule has 0 spiro atoms. The highest BCUT2D eigenvalue weighted by atomic mass is 16.5. The van der Waals surface area contributed by atoms with Crippen molar-refractivity contribution in [3.05, 3.63) is 29.8 Å². The van der Waals surface area contributed by atoms with Crippen LogP contribution in [0, 0.1) is 0 Å². The maximum absolute atomic E-state index is 11.3. The van der Waals surface area contributed by atoms with E-state index in [1.165, 1.54) is 7.11 Å². The molecule has 4 N–H and O–H groups in total. The summed E-state index contributed by atoms with van der Waals surface area (Å²) in [6, 6.07) is 6.65. The summed E-state index contributed by atoms with van der Waals surface area (Å²) in [5, 5.41) is 0. The van der Waals surface area contributed by atoms with Gasteiger partial charge < -0.3 is 20.9 Å². The largest absolute Gasteiger partial charge is 0.492 e. The zero-order valence-electron chi connectivity index (χ0n) is 10.8. The molecular formula is C12H18N2O3. The van der Waals surface area contributed by atoms with Gasteiger partial charge in [-0.1, -0.05) is 12.1 Å². The van der Waals surface area contributed by atoms with Crippen LogP contribution in [0.1, 0.15) is 5.56 Å². The third-order valence-electron chi connectivity index (χ3n) is 2.24. The Labute approximate surface area is 102 Å². The Morgan fingerprint density at radius 1 is 1.47 bits per heavy atom. The maximum atomic E-state index is 11.3. The molecule has 0 aliphatic rings. The van der Waals surface area contributed by atoms with Gasteiger partial charge in [-0.05, 0) is 24.1 Å². The van der Waals surface area contributed by atoms with Crippen LogP contribution in [0.3, 0.4) is 0 Å². The summed E-state index contributed by atoms with van der Waals surface area (Å²) < 4.78 is 17.0. The van der Waals surface area contributed by atoms with Crippen LogP contribution in [0.25, 0.3) is 0 Å². The van der Waals surface area contributed by atoms with Crippen molar-refractivity contribution in [2.75, 3.05) is 20.3 Å². The van der Waals surface area contributed by atoms with Gasteiger partial charge in [-0.3, -0.25) is 4.79 Å². The normalized spacial score (nSPS) is 12.7. The van der Waals surface area contributed by atoms with Gasteiger partial charge in [0.15, 0.2) is 0 Å². The summed E-state index contributed by atoms with van der Waals surface area (Å²) in [4.78, 5) is 11.3. The van der Waals surface area contributed by atoms with Gasteiger partial charge in [0.2, 0.25) is 0 Å². The van der Waals surface area contributed by atoms with Gasteiger partial charge in [-0.25, -0.2) is 0 Å². The van der Waals surface area contributed by atoms with E-state index in [4.69, 9.17) is 11.9 Å². The molecule has 17 heavy (non-hydrogen) atoms. The van der Waals surface area contributed by atoms with Crippen LogP contribution in [0.2, 0.25) is 1.41 Å². The van der Waals surface area contributed by atoms with Gasteiger partial charge >= 0.3 is 5.97 Å².